The first-order chi connectivity index (χ1) is 9.15. The second-order valence-corrected chi connectivity index (χ2v) is 4.16. The fraction of sp³-hybridized carbons (Fsp3) is 0.0769. The van der Waals surface area contributed by atoms with Gasteiger partial charge < -0.3 is 10.3 Å². The Morgan fingerprint density at radius 3 is 2.84 bits per heavy atom. The molecule has 0 saturated heterocycles. The molecule has 96 valence electrons. The number of anilines is 1. The van der Waals surface area contributed by atoms with E-state index in [9.17, 15) is 4.39 Å². The lowest BCUT2D eigenvalue weighted by molar-refractivity contribution is 0.439. The Morgan fingerprint density at radius 2 is 2.16 bits per heavy atom. The number of aromatic nitrogens is 3. The molecule has 3 aromatic rings. The van der Waals surface area contributed by atoms with E-state index < -0.39 is 0 Å². The van der Waals surface area contributed by atoms with Crippen LogP contribution in [-0.2, 0) is 7.05 Å². The maximum absolute atomic E-state index is 13.3. The zero-order valence-electron chi connectivity index (χ0n) is 10.2. The van der Waals surface area contributed by atoms with E-state index in [1.807, 2.05) is 0 Å². The van der Waals surface area contributed by atoms with E-state index in [4.69, 9.17) is 10.3 Å². The number of rotatable bonds is 2. The van der Waals surface area contributed by atoms with E-state index in [0.29, 0.717) is 22.5 Å². The summed E-state index contributed by atoms with van der Waals surface area (Å²) in [6.45, 7) is 0. The average molecular weight is 258 g/mol. The molecule has 0 unspecified atom stereocenters. The predicted octanol–water partition coefficient (Wildman–Crippen LogP) is 2.46. The number of nitrogen functional groups attached to an aromatic ring is 1. The van der Waals surface area contributed by atoms with Gasteiger partial charge in [0.15, 0.2) is 0 Å². The summed E-state index contributed by atoms with van der Waals surface area (Å²) in [5.74, 6) is -0.198. The van der Waals surface area contributed by atoms with Crippen molar-refractivity contribution < 1.29 is 8.91 Å². The molecule has 2 heterocycles. The average Bonchev–Trinajstić information content (AvgIpc) is 2.95. The fourth-order valence-corrected chi connectivity index (χ4v) is 1.94. The zero-order valence-corrected chi connectivity index (χ0v) is 10.2. The number of nitrogens with two attached hydrogens (primary N) is 1. The molecule has 5 nitrogen and oxygen atoms in total. The monoisotopic (exact) mass is 258 g/mol. The van der Waals surface area contributed by atoms with Crippen LogP contribution in [0.1, 0.15) is 0 Å². The summed E-state index contributed by atoms with van der Waals surface area (Å²) in [5.41, 5.74) is 8.08. The van der Waals surface area contributed by atoms with Gasteiger partial charge in [0, 0.05) is 13.2 Å². The molecule has 0 radical (unpaired) electrons. The normalized spacial score (nSPS) is 10.8. The van der Waals surface area contributed by atoms with Gasteiger partial charge in [0.25, 0.3) is 0 Å². The van der Waals surface area contributed by atoms with E-state index in [-0.39, 0.29) is 11.7 Å². The van der Waals surface area contributed by atoms with Gasteiger partial charge in [0.05, 0.1) is 5.56 Å². The van der Waals surface area contributed by atoms with Gasteiger partial charge in [-0.3, -0.25) is 4.68 Å². The summed E-state index contributed by atoms with van der Waals surface area (Å²) in [5, 5.41) is 8.15. The van der Waals surface area contributed by atoms with E-state index in [1.165, 1.54) is 12.1 Å². The molecule has 2 N–H and O–H groups in total. The standard InChI is InChI=1S/C13H11FN4O/c1-18-6-5-10(16-18)12-11(13(15)19-17-12)8-3-2-4-9(14)7-8/h2-7H,15H2,1H3. The second-order valence-electron chi connectivity index (χ2n) is 4.16. The van der Waals surface area contributed by atoms with Crippen molar-refractivity contribution in [2.45, 2.75) is 0 Å². The predicted molar refractivity (Wildman–Crippen MR) is 68.5 cm³/mol. The van der Waals surface area contributed by atoms with Crippen molar-refractivity contribution in [2.24, 2.45) is 7.05 Å². The maximum atomic E-state index is 13.3. The molecule has 6 heteroatoms. The van der Waals surface area contributed by atoms with Crippen molar-refractivity contribution in [3.05, 3.63) is 42.3 Å². The summed E-state index contributed by atoms with van der Waals surface area (Å²) in [4.78, 5) is 0. The largest absolute Gasteiger partial charge is 0.367 e. The Bertz CT molecular complexity index is 732. The summed E-state index contributed by atoms with van der Waals surface area (Å²) in [7, 11) is 1.80. The number of benzene rings is 1. The third-order valence-corrected chi connectivity index (χ3v) is 2.79. The van der Waals surface area contributed by atoms with E-state index in [1.54, 1.807) is 36.1 Å². The van der Waals surface area contributed by atoms with Gasteiger partial charge in [-0.05, 0) is 23.8 Å². The summed E-state index contributed by atoms with van der Waals surface area (Å²) < 4.78 is 20.0. The highest BCUT2D eigenvalue weighted by Crippen LogP contribution is 2.35. The molecule has 0 aliphatic carbocycles. The van der Waals surface area contributed by atoms with Crippen LogP contribution in [0.3, 0.4) is 0 Å². The molecule has 0 aliphatic heterocycles. The molecule has 2 aromatic heterocycles. The Labute approximate surface area is 108 Å². The number of aryl methyl sites for hydroxylation is 1. The van der Waals surface area contributed by atoms with Crippen LogP contribution in [0.5, 0.6) is 0 Å². The quantitative estimate of drug-likeness (QED) is 0.766. The number of nitrogens with zero attached hydrogens (tertiary/aromatic N) is 3. The van der Waals surface area contributed by atoms with Crippen LogP contribution < -0.4 is 5.73 Å². The third-order valence-electron chi connectivity index (χ3n) is 2.79. The van der Waals surface area contributed by atoms with Crippen molar-refractivity contribution >= 4 is 5.88 Å². The van der Waals surface area contributed by atoms with Crippen LogP contribution in [0.25, 0.3) is 22.5 Å². The minimum absolute atomic E-state index is 0.145. The Morgan fingerprint density at radius 1 is 1.32 bits per heavy atom. The zero-order chi connectivity index (χ0) is 13.4. The fourth-order valence-electron chi connectivity index (χ4n) is 1.94. The molecule has 19 heavy (non-hydrogen) atoms. The second kappa shape index (κ2) is 4.24. The molecule has 3 rings (SSSR count). The highest BCUT2D eigenvalue weighted by atomic mass is 19.1. The van der Waals surface area contributed by atoms with E-state index in [0.717, 1.165) is 0 Å². The molecular formula is C13H11FN4O. The number of halogens is 1. The van der Waals surface area contributed by atoms with Gasteiger partial charge >= 0.3 is 0 Å². The summed E-state index contributed by atoms with van der Waals surface area (Å²) >= 11 is 0. The Hall–Kier alpha value is -2.63. The summed E-state index contributed by atoms with van der Waals surface area (Å²) in [6, 6.07) is 7.90. The highest BCUT2D eigenvalue weighted by Gasteiger charge is 2.19. The first-order valence-electron chi connectivity index (χ1n) is 5.66. The van der Waals surface area contributed by atoms with Crippen molar-refractivity contribution in [3.63, 3.8) is 0 Å². The lowest BCUT2D eigenvalue weighted by Gasteiger charge is -2.00. The van der Waals surface area contributed by atoms with Crippen molar-refractivity contribution in [3.8, 4) is 22.5 Å². The van der Waals surface area contributed by atoms with Crippen LogP contribution in [0.2, 0.25) is 0 Å². The highest BCUT2D eigenvalue weighted by molar-refractivity contribution is 5.85. The Kier molecular flexibility index (Phi) is 2.56. The third kappa shape index (κ3) is 1.97. The van der Waals surface area contributed by atoms with Crippen molar-refractivity contribution in [1.29, 1.82) is 0 Å². The SMILES string of the molecule is Cn1ccc(-c2noc(N)c2-c2cccc(F)c2)n1. The van der Waals surface area contributed by atoms with Crippen LogP contribution in [-0.4, -0.2) is 14.9 Å². The number of hydrogen-bond acceptors (Lipinski definition) is 4. The first-order valence-corrected chi connectivity index (χ1v) is 5.66. The lowest BCUT2D eigenvalue weighted by atomic mass is 10.0. The Balaban J connectivity index is 2.19. The molecule has 0 spiro atoms. The van der Waals surface area contributed by atoms with E-state index >= 15 is 0 Å². The number of hydrogen-bond donors (Lipinski definition) is 1. The molecule has 0 amide bonds. The van der Waals surface area contributed by atoms with E-state index in [2.05, 4.69) is 10.3 Å². The van der Waals surface area contributed by atoms with Gasteiger partial charge in [-0.1, -0.05) is 17.3 Å². The van der Waals surface area contributed by atoms with Gasteiger partial charge in [-0.15, -0.1) is 0 Å². The molecular weight excluding hydrogens is 247 g/mol. The van der Waals surface area contributed by atoms with Gasteiger partial charge in [-0.25, -0.2) is 4.39 Å². The molecule has 1 aromatic carbocycles. The summed E-state index contributed by atoms with van der Waals surface area (Å²) in [6.07, 6.45) is 1.79. The van der Waals surface area contributed by atoms with Crippen molar-refractivity contribution in [1.82, 2.24) is 14.9 Å². The van der Waals surface area contributed by atoms with Crippen LogP contribution in [0.15, 0.2) is 41.1 Å². The smallest absolute Gasteiger partial charge is 0.230 e. The maximum Gasteiger partial charge on any atom is 0.230 e. The minimum Gasteiger partial charge on any atom is -0.367 e. The van der Waals surface area contributed by atoms with Crippen molar-refractivity contribution in [2.75, 3.05) is 5.73 Å². The van der Waals surface area contributed by atoms with Gasteiger partial charge in [0.1, 0.15) is 17.2 Å². The van der Waals surface area contributed by atoms with Crippen LogP contribution in [0.4, 0.5) is 10.3 Å². The van der Waals surface area contributed by atoms with Crippen LogP contribution >= 0.6 is 0 Å². The molecule has 0 aliphatic rings. The van der Waals surface area contributed by atoms with Gasteiger partial charge in [-0.2, -0.15) is 5.10 Å². The molecule has 0 bridgehead atoms. The molecule has 0 saturated carbocycles. The first kappa shape index (κ1) is 11.5. The molecule has 0 fully saturated rings. The van der Waals surface area contributed by atoms with Gasteiger partial charge in [0.2, 0.25) is 5.88 Å². The van der Waals surface area contributed by atoms with Crippen LogP contribution in [0, 0.1) is 5.82 Å². The minimum atomic E-state index is -0.343. The topological polar surface area (TPSA) is 69.9 Å². The lowest BCUT2D eigenvalue weighted by Crippen LogP contribution is -1.91. The molecule has 0 atom stereocenters.